The van der Waals surface area contributed by atoms with Gasteiger partial charge in [-0.3, -0.25) is 4.79 Å². The van der Waals surface area contributed by atoms with Crippen LogP contribution in [0.5, 0.6) is 11.5 Å². The van der Waals surface area contributed by atoms with Crippen molar-refractivity contribution in [1.29, 1.82) is 0 Å². The molecule has 3 rings (SSSR count). The van der Waals surface area contributed by atoms with E-state index >= 15 is 0 Å². The van der Waals surface area contributed by atoms with Gasteiger partial charge in [-0.25, -0.2) is 8.42 Å². The Bertz CT molecular complexity index is 1280. The fourth-order valence-electron chi connectivity index (χ4n) is 3.45. The van der Waals surface area contributed by atoms with E-state index in [9.17, 15) is 13.2 Å². The van der Waals surface area contributed by atoms with Gasteiger partial charge in [0.1, 0.15) is 0 Å². The van der Waals surface area contributed by atoms with Crippen LogP contribution in [0.2, 0.25) is 10.0 Å². The van der Waals surface area contributed by atoms with Gasteiger partial charge in [0.05, 0.1) is 31.7 Å². The highest BCUT2D eigenvalue weighted by Gasteiger charge is 2.28. The molecule has 0 spiro atoms. The van der Waals surface area contributed by atoms with Crippen molar-refractivity contribution in [2.24, 2.45) is 0 Å². The smallest absolute Gasteiger partial charge is 0.243 e. The second-order valence-electron chi connectivity index (χ2n) is 7.72. The van der Waals surface area contributed by atoms with Crippen LogP contribution < -0.4 is 14.8 Å². The molecule has 7 nitrogen and oxygen atoms in total. The molecule has 35 heavy (non-hydrogen) atoms. The van der Waals surface area contributed by atoms with Gasteiger partial charge in [0.15, 0.2) is 11.5 Å². The minimum atomic E-state index is -4.03. The van der Waals surface area contributed by atoms with Crippen LogP contribution in [-0.2, 0) is 21.4 Å². The number of carbonyl (C=O) groups excluding carboxylic acids is 1. The highest BCUT2D eigenvalue weighted by Crippen LogP contribution is 2.30. The van der Waals surface area contributed by atoms with Gasteiger partial charge in [0, 0.05) is 16.6 Å². The maximum Gasteiger partial charge on any atom is 0.243 e. The molecule has 0 saturated carbocycles. The van der Waals surface area contributed by atoms with Crippen molar-refractivity contribution < 1.29 is 22.7 Å². The van der Waals surface area contributed by atoms with E-state index in [1.54, 1.807) is 49.4 Å². The molecule has 0 aliphatic rings. The van der Waals surface area contributed by atoms with E-state index in [-0.39, 0.29) is 11.4 Å². The molecule has 0 radical (unpaired) electrons. The van der Waals surface area contributed by atoms with Gasteiger partial charge >= 0.3 is 0 Å². The summed E-state index contributed by atoms with van der Waals surface area (Å²) < 4.78 is 38.5. The third-order valence-corrected chi connectivity index (χ3v) is 7.79. The van der Waals surface area contributed by atoms with Crippen molar-refractivity contribution >= 4 is 39.1 Å². The second-order valence-corrected chi connectivity index (χ2v) is 10.5. The summed E-state index contributed by atoms with van der Waals surface area (Å²) in [6.07, 6.45) is 0. The Morgan fingerprint density at radius 1 is 0.971 bits per heavy atom. The number of methoxy groups -OCH3 is 2. The quantitative estimate of drug-likeness (QED) is 0.390. The molecule has 0 aromatic heterocycles. The second kappa shape index (κ2) is 11.8. The third kappa shape index (κ3) is 6.67. The molecule has 0 unspecified atom stereocenters. The third-order valence-electron chi connectivity index (χ3n) is 5.36. The Balaban J connectivity index is 1.84. The molecule has 1 N–H and O–H groups in total. The minimum Gasteiger partial charge on any atom is -0.493 e. The van der Waals surface area contributed by atoms with Crippen LogP contribution in [0.25, 0.3) is 0 Å². The van der Waals surface area contributed by atoms with Crippen molar-refractivity contribution in [1.82, 2.24) is 9.62 Å². The molecule has 0 heterocycles. The highest BCUT2D eigenvalue weighted by molar-refractivity contribution is 7.89. The van der Waals surface area contributed by atoms with Crippen LogP contribution in [0, 0.1) is 0 Å². The molecular weight excluding hydrogens is 511 g/mol. The number of hydrogen-bond acceptors (Lipinski definition) is 5. The fraction of sp³-hybridized carbons (Fsp3) is 0.240. The lowest BCUT2D eigenvalue weighted by atomic mass is 10.1. The fourth-order valence-corrected chi connectivity index (χ4v) is 5.15. The molecule has 1 amide bonds. The Morgan fingerprint density at radius 3 is 2.26 bits per heavy atom. The first-order valence-electron chi connectivity index (χ1n) is 10.7. The van der Waals surface area contributed by atoms with Gasteiger partial charge in [-0.15, -0.1) is 0 Å². The van der Waals surface area contributed by atoms with Gasteiger partial charge in [-0.05, 0) is 60.5 Å². The van der Waals surface area contributed by atoms with Crippen LogP contribution in [0.3, 0.4) is 0 Å². The minimum absolute atomic E-state index is 0.0229. The van der Waals surface area contributed by atoms with E-state index in [2.05, 4.69) is 5.32 Å². The summed E-state index contributed by atoms with van der Waals surface area (Å²) in [7, 11) is -0.963. The van der Waals surface area contributed by atoms with Crippen molar-refractivity contribution in [2.45, 2.75) is 24.4 Å². The lowest BCUT2D eigenvalue weighted by molar-refractivity contribution is -0.122. The van der Waals surface area contributed by atoms with E-state index in [0.717, 1.165) is 9.87 Å². The van der Waals surface area contributed by atoms with Gasteiger partial charge < -0.3 is 14.8 Å². The van der Waals surface area contributed by atoms with Crippen LogP contribution >= 0.6 is 23.2 Å². The molecular formula is C25H26Cl2N2O5S. The predicted octanol–water partition coefficient (Wildman–Crippen LogP) is 5.08. The molecule has 0 saturated heterocycles. The first-order valence-corrected chi connectivity index (χ1v) is 12.9. The number of sulfonamides is 1. The van der Waals surface area contributed by atoms with Gasteiger partial charge in [0.2, 0.25) is 15.9 Å². The Hall–Kier alpha value is -2.78. The molecule has 3 aromatic carbocycles. The van der Waals surface area contributed by atoms with Crippen molar-refractivity contribution in [2.75, 3.05) is 20.8 Å². The topological polar surface area (TPSA) is 84.9 Å². The molecule has 0 bridgehead atoms. The number of halogens is 2. The zero-order valence-electron chi connectivity index (χ0n) is 19.5. The van der Waals surface area contributed by atoms with Gasteiger partial charge in [0.25, 0.3) is 0 Å². The number of nitrogens with one attached hydrogen (secondary N) is 1. The summed E-state index contributed by atoms with van der Waals surface area (Å²) in [6, 6.07) is 17.6. The summed E-state index contributed by atoms with van der Waals surface area (Å²) in [5.41, 5.74) is 1.35. The molecule has 3 aromatic rings. The standard InChI is InChI=1S/C25H26Cl2N2O5S/c1-17(18-8-13-23(33-2)24(14-18)34-3)28-25(30)16-29(15-19-6-4-5-7-22(19)27)35(31,32)21-11-9-20(26)10-12-21/h4-14,17H,15-16H2,1-3H3,(H,28,30)/t17-/m1/s1. The number of amides is 1. The maximum atomic E-state index is 13.4. The van der Waals surface area contributed by atoms with Gasteiger partial charge in [-0.1, -0.05) is 47.5 Å². The van der Waals surface area contributed by atoms with E-state index < -0.39 is 28.5 Å². The number of carbonyl (C=O) groups is 1. The van der Waals surface area contributed by atoms with E-state index in [0.29, 0.717) is 27.1 Å². The number of nitrogens with zero attached hydrogens (tertiary/aromatic N) is 1. The van der Waals surface area contributed by atoms with Crippen LogP contribution in [0.15, 0.2) is 71.6 Å². The van der Waals surface area contributed by atoms with Crippen molar-refractivity contribution in [3.8, 4) is 11.5 Å². The number of hydrogen-bond donors (Lipinski definition) is 1. The zero-order chi connectivity index (χ0) is 25.6. The van der Waals surface area contributed by atoms with E-state index in [1.165, 1.54) is 38.5 Å². The number of rotatable bonds is 10. The Labute approximate surface area is 215 Å². The SMILES string of the molecule is COc1ccc([C@@H](C)NC(=O)CN(Cc2ccccc2Cl)S(=O)(=O)c2ccc(Cl)cc2)cc1OC. The lowest BCUT2D eigenvalue weighted by Crippen LogP contribution is -2.41. The summed E-state index contributed by atoms with van der Waals surface area (Å²) in [5.74, 6) is 0.614. The molecule has 1 atom stereocenters. The first-order chi connectivity index (χ1) is 16.6. The van der Waals surface area contributed by atoms with Crippen molar-refractivity contribution in [3.05, 3.63) is 87.9 Å². The normalized spacial score (nSPS) is 12.3. The van der Waals surface area contributed by atoms with Crippen LogP contribution in [0.4, 0.5) is 0 Å². The molecule has 186 valence electrons. The predicted molar refractivity (Wildman–Crippen MR) is 137 cm³/mol. The summed E-state index contributed by atoms with van der Waals surface area (Å²) in [4.78, 5) is 13.0. The summed E-state index contributed by atoms with van der Waals surface area (Å²) >= 11 is 12.2. The number of benzene rings is 3. The zero-order valence-corrected chi connectivity index (χ0v) is 21.8. The van der Waals surface area contributed by atoms with E-state index in [1.807, 2.05) is 0 Å². The average Bonchev–Trinajstić information content (AvgIpc) is 2.84. The average molecular weight is 537 g/mol. The molecule has 0 fully saturated rings. The van der Waals surface area contributed by atoms with Gasteiger partial charge in [-0.2, -0.15) is 4.31 Å². The summed E-state index contributed by atoms with van der Waals surface area (Å²) in [6.45, 7) is 1.31. The van der Waals surface area contributed by atoms with Crippen molar-refractivity contribution in [3.63, 3.8) is 0 Å². The monoisotopic (exact) mass is 536 g/mol. The summed E-state index contributed by atoms with van der Waals surface area (Å²) in [5, 5.41) is 3.66. The van der Waals surface area contributed by atoms with Crippen LogP contribution in [-0.4, -0.2) is 39.4 Å². The molecule has 0 aliphatic carbocycles. The number of ether oxygens (including phenoxy) is 2. The maximum absolute atomic E-state index is 13.4. The highest BCUT2D eigenvalue weighted by atomic mass is 35.5. The van der Waals surface area contributed by atoms with Crippen LogP contribution in [0.1, 0.15) is 24.1 Å². The Kier molecular flexibility index (Phi) is 9.02. The Morgan fingerprint density at radius 2 is 1.63 bits per heavy atom. The largest absolute Gasteiger partial charge is 0.493 e. The molecule has 10 heteroatoms. The first kappa shape index (κ1) is 26.8. The molecule has 0 aliphatic heterocycles. The van der Waals surface area contributed by atoms with E-state index in [4.69, 9.17) is 32.7 Å². The lowest BCUT2D eigenvalue weighted by Gasteiger charge is -2.24.